The Balaban J connectivity index is 1.25. The highest BCUT2D eigenvalue weighted by atomic mass is 15.1. The van der Waals surface area contributed by atoms with Crippen LogP contribution in [-0.2, 0) is 6.42 Å². The first kappa shape index (κ1) is 18.8. The molecule has 0 amide bonds. The van der Waals surface area contributed by atoms with Crippen molar-refractivity contribution in [3.8, 4) is 11.3 Å². The lowest BCUT2D eigenvalue weighted by Crippen LogP contribution is -2.33. The Morgan fingerprint density at radius 2 is 1.80 bits per heavy atom. The second-order valence-electron chi connectivity index (χ2n) is 8.20. The molecule has 1 aliphatic heterocycles. The van der Waals surface area contributed by atoms with Crippen molar-refractivity contribution in [2.75, 3.05) is 18.0 Å². The van der Waals surface area contributed by atoms with E-state index in [1.54, 1.807) is 0 Å². The minimum absolute atomic E-state index is 0.745. The van der Waals surface area contributed by atoms with Crippen LogP contribution in [0.1, 0.15) is 30.7 Å². The summed E-state index contributed by atoms with van der Waals surface area (Å²) in [5.41, 5.74) is 6.78. The molecule has 1 saturated heterocycles. The topological polar surface area (TPSA) is 46.3 Å². The van der Waals surface area contributed by atoms with Crippen LogP contribution >= 0.6 is 0 Å². The standard InChI is InChI=1S/C25H27N5/c1-19-17-22(9-12-26-19)29-14-10-20(11-15-29)7-8-23-25-28-18-24(30(25)16-13-27-23)21-5-3-2-4-6-21/h2-6,9,12-13,16-18,20H,7-8,10-11,14-15H2,1H3. The number of pyridine rings is 1. The summed E-state index contributed by atoms with van der Waals surface area (Å²) >= 11 is 0. The molecule has 1 fully saturated rings. The smallest absolute Gasteiger partial charge is 0.159 e. The molecule has 30 heavy (non-hydrogen) atoms. The molecule has 0 atom stereocenters. The van der Waals surface area contributed by atoms with Gasteiger partial charge in [0.15, 0.2) is 5.65 Å². The molecule has 0 bridgehead atoms. The second-order valence-corrected chi connectivity index (χ2v) is 8.20. The summed E-state index contributed by atoms with van der Waals surface area (Å²) in [6.45, 7) is 4.29. The fourth-order valence-corrected chi connectivity index (χ4v) is 4.52. The number of rotatable bonds is 5. The van der Waals surface area contributed by atoms with E-state index < -0.39 is 0 Å². The van der Waals surface area contributed by atoms with Crippen LogP contribution in [0.3, 0.4) is 0 Å². The van der Waals surface area contributed by atoms with Crippen LogP contribution in [0.2, 0.25) is 0 Å². The van der Waals surface area contributed by atoms with Gasteiger partial charge in [-0.3, -0.25) is 14.4 Å². The Morgan fingerprint density at radius 1 is 0.967 bits per heavy atom. The van der Waals surface area contributed by atoms with Crippen molar-refractivity contribution < 1.29 is 0 Å². The van der Waals surface area contributed by atoms with Gasteiger partial charge in [0, 0.05) is 48.6 Å². The van der Waals surface area contributed by atoms with Crippen molar-refractivity contribution in [2.45, 2.75) is 32.6 Å². The van der Waals surface area contributed by atoms with Crippen LogP contribution in [0, 0.1) is 12.8 Å². The number of fused-ring (bicyclic) bond motifs is 1. The van der Waals surface area contributed by atoms with Gasteiger partial charge in [0.05, 0.1) is 17.6 Å². The second kappa shape index (κ2) is 8.27. The molecule has 0 unspecified atom stereocenters. The lowest BCUT2D eigenvalue weighted by Gasteiger charge is -2.33. The van der Waals surface area contributed by atoms with Crippen molar-refractivity contribution in [2.24, 2.45) is 5.92 Å². The number of anilines is 1. The molecular weight excluding hydrogens is 370 g/mol. The number of imidazole rings is 1. The predicted octanol–water partition coefficient (Wildman–Crippen LogP) is 4.95. The van der Waals surface area contributed by atoms with Crippen molar-refractivity contribution in [3.05, 3.63) is 78.6 Å². The molecule has 5 nitrogen and oxygen atoms in total. The molecule has 5 heteroatoms. The highest BCUT2D eigenvalue weighted by Crippen LogP contribution is 2.27. The lowest BCUT2D eigenvalue weighted by molar-refractivity contribution is 0.381. The van der Waals surface area contributed by atoms with Crippen LogP contribution in [0.15, 0.2) is 67.3 Å². The predicted molar refractivity (Wildman–Crippen MR) is 121 cm³/mol. The highest BCUT2D eigenvalue weighted by molar-refractivity contribution is 5.64. The van der Waals surface area contributed by atoms with Crippen molar-refractivity contribution >= 4 is 11.3 Å². The van der Waals surface area contributed by atoms with Crippen LogP contribution in [0.5, 0.6) is 0 Å². The number of aromatic nitrogens is 4. The van der Waals surface area contributed by atoms with E-state index in [1.807, 2.05) is 30.9 Å². The molecule has 0 spiro atoms. The van der Waals surface area contributed by atoms with Gasteiger partial charge in [-0.05, 0) is 50.7 Å². The fourth-order valence-electron chi connectivity index (χ4n) is 4.52. The Kier molecular flexibility index (Phi) is 5.18. The maximum absolute atomic E-state index is 4.71. The molecule has 4 heterocycles. The summed E-state index contributed by atoms with van der Waals surface area (Å²) in [5.74, 6) is 0.745. The van der Waals surface area contributed by atoms with E-state index in [0.717, 1.165) is 48.2 Å². The van der Waals surface area contributed by atoms with Crippen molar-refractivity contribution in [3.63, 3.8) is 0 Å². The van der Waals surface area contributed by atoms with Gasteiger partial charge < -0.3 is 4.90 Å². The summed E-state index contributed by atoms with van der Waals surface area (Å²) in [5, 5.41) is 0. The SMILES string of the molecule is Cc1cc(N2CCC(CCc3nccn4c(-c5ccccc5)cnc34)CC2)ccn1. The minimum atomic E-state index is 0.745. The van der Waals surface area contributed by atoms with E-state index in [-0.39, 0.29) is 0 Å². The van der Waals surface area contributed by atoms with Gasteiger partial charge in [0.1, 0.15) is 0 Å². The molecule has 0 N–H and O–H groups in total. The van der Waals surface area contributed by atoms with Gasteiger partial charge in [-0.25, -0.2) is 4.98 Å². The molecule has 1 aliphatic rings. The van der Waals surface area contributed by atoms with E-state index in [2.05, 4.69) is 62.6 Å². The molecule has 3 aromatic heterocycles. The Bertz CT molecular complexity index is 1130. The largest absolute Gasteiger partial charge is 0.371 e. The lowest BCUT2D eigenvalue weighted by atomic mass is 9.91. The van der Waals surface area contributed by atoms with Crippen LogP contribution in [0.4, 0.5) is 5.69 Å². The first-order valence-corrected chi connectivity index (χ1v) is 10.8. The van der Waals surface area contributed by atoms with E-state index in [9.17, 15) is 0 Å². The van der Waals surface area contributed by atoms with E-state index in [4.69, 9.17) is 4.98 Å². The van der Waals surface area contributed by atoms with E-state index in [0.29, 0.717) is 0 Å². The minimum Gasteiger partial charge on any atom is -0.371 e. The summed E-state index contributed by atoms with van der Waals surface area (Å²) < 4.78 is 2.17. The Hall–Kier alpha value is -3.21. The zero-order valence-electron chi connectivity index (χ0n) is 17.4. The number of benzene rings is 1. The summed E-state index contributed by atoms with van der Waals surface area (Å²) in [7, 11) is 0. The zero-order valence-corrected chi connectivity index (χ0v) is 17.4. The normalized spacial score (nSPS) is 15.0. The Morgan fingerprint density at radius 3 is 2.60 bits per heavy atom. The number of piperidine rings is 1. The first-order chi connectivity index (χ1) is 14.8. The highest BCUT2D eigenvalue weighted by Gasteiger charge is 2.20. The maximum atomic E-state index is 4.71. The summed E-state index contributed by atoms with van der Waals surface area (Å²) in [6.07, 6.45) is 12.4. The molecule has 1 aromatic carbocycles. The van der Waals surface area contributed by atoms with Gasteiger partial charge in [0.25, 0.3) is 0 Å². The number of aryl methyl sites for hydroxylation is 2. The summed E-state index contributed by atoms with van der Waals surface area (Å²) in [6, 6.07) is 14.7. The Labute approximate surface area is 177 Å². The van der Waals surface area contributed by atoms with Gasteiger partial charge in [0.2, 0.25) is 0 Å². The first-order valence-electron chi connectivity index (χ1n) is 10.8. The molecule has 0 saturated carbocycles. The van der Waals surface area contributed by atoms with Gasteiger partial charge in [-0.1, -0.05) is 30.3 Å². The number of hydrogen-bond donors (Lipinski definition) is 0. The van der Waals surface area contributed by atoms with Gasteiger partial charge in [-0.2, -0.15) is 0 Å². The quantitative estimate of drug-likeness (QED) is 0.478. The van der Waals surface area contributed by atoms with Gasteiger partial charge >= 0.3 is 0 Å². The molecule has 0 aliphatic carbocycles. The van der Waals surface area contributed by atoms with Crippen LogP contribution in [0.25, 0.3) is 16.9 Å². The molecule has 0 radical (unpaired) electrons. The molecule has 4 aromatic rings. The summed E-state index contributed by atoms with van der Waals surface area (Å²) in [4.78, 5) is 16.2. The third-order valence-electron chi connectivity index (χ3n) is 6.22. The van der Waals surface area contributed by atoms with Crippen LogP contribution in [-0.4, -0.2) is 32.4 Å². The zero-order chi connectivity index (χ0) is 20.3. The van der Waals surface area contributed by atoms with E-state index in [1.165, 1.54) is 30.5 Å². The number of hydrogen-bond acceptors (Lipinski definition) is 4. The van der Waals surface area contributed by atoms with Crippen molar-refractivity contribution in [1.29, 1.82) is 0 Å². The van der Waals surface area contributed by atoms with Gasteiger partial charge in [-0.15, -0.1) is 0 Å². The number of nitrogens with zero attached hydrogens (tertiary/aromatic N) is 5. The molecular formula is C25H27N5. The molecule has 5 rings (SSSR count). The average molecular weight is 398 g/mol. The fraction of sp³-hybridized carbons (Fsp3) is 0.320. The third-order valence-corrected chi connectivity index (χ3v) is 6.22. The molecule has 152 valence electrons. The average Bonchev–Trinajstić information content (AvgIpc) is 3.23. The monoisotopic (exact) mass is 397 g/mol. The van der Waals surface area contributed by atoms with E-state index >= 15 is 0 Å². The maximum Gasteiger partial charge on any atom is 0.159 e. The third kappa shape index (κ3) is 3.80. The van der Waals surface area contributed by atoms with Crippen molar-refractivity contribution in [1.82, 2.24) is 19.4 Å². The van der Waals surface area contributed by atoms with Crippen LogP contribution < -0.4 is 4.90 Å².